The van der Waals surface area contributed by atoms with Crippen LogP contribution in [0.3, 0.4) is 0 Å². The first-order chi connectivity index (χ1) is 12.1. The SMILES string of the molecule is CC(C)CN1CCO[C@@H](CNC(=O)N[C@H](c2ccccc2)C2CC2)C1. The third kappa shape index (κ3) is 5.72. The van der Waals surface area contributed by atoms with Gasteiger partial charge >= 0.3 is 6.03 Å². The number of nitrogens with one attached hydrogen (secondary N) is 2. The Kier molecular flexibility index (Phi) is 6.32. The van der Waals surface area contributed by atoms with Gasteiger partial charge in [-0.3, -0.25) is 4.90 Å². The third-order valence-electron chi connectivity index (χ3n) is 4.88. The zero-order valence-corrected chi connectivity index (χ0v) is 15.4. The molecule has 0 unspecified atom stereocenters. The summed E-state index contributed by atoms with van der Waals surface area (Å²) in [5.74, 6) is 1.22. The fourth-order valence-corrected chi connectivity index (χ4v) is 3.55. The van der Waals surface area contributed by atoms with Crippen molar-refractivity contribution in [2.45, 2.75) is 38.8 Å². The molecule has 3 rings (SSSR count). The maximum absolute atomic E-state index is 12.4. The number of amides is 2. The van der Waals surface area contributed by atoms with Crippen molar-refractivity contribution in [1.82, 2.24) is 15.5 Å². The molecule has 1 aliphatic heterocycles. The molecule has 2 N–H and O–H groups in total. The van der Waals surface area contributed by atoms with Gasteiger partial charge in [0.05, 0.1) is 18.8 Å². The molecule has 1 heterocycles. The van der Waals surface area contributed by atoms with E-state index in [1.54, 1.807) is 0 Å². The summed E-state index contributed by atoms with van der Waals surface area (Å²) in [5.41, 5.74) is 1.19. The first-order valence-corrected chi connectivity index (χ1v) is 9.55. The number of morpholine rings is 1. The van der Waals surface area contributed by atoms with Crippen LogP contribution >= 0.6 is 0 Å². The number of benzene rings is 1. The van der Waals surface area contributed by atoms with E-state index in [0.717, 1.165) is 26.2 Å². The molecule has 25 heavy (non-hydrogen) atoms. The average molecular weight is 345 g/mol. The summed E-state index contributed by atoms with van der Waals surface area (Å²) < 4.78 is 5.81. The van der Waals surface area contributed by atoms with E-state index >= 15 is 0 Å². The second-order valence-electron chi connectivity index (χ2n) is 7.73. The van der Waals surface area contributed by atoms with E-state index in [1.165, 1.54) is 18.4 Å². The maximum atomic E-state index is 12.4. The summed E-state index contributed by atoms with van der Waals surface area (Å²) in [7, 11) is 0. The summed E-state index contributed by atoms with van der Waals surface area (Å²) in [5, 5.41) is 6.17. The molecule has 0 aromatic heterocycles. The summed E-state index contributed by atoms with van der Waals surface area (Å²) in [6.07, 6.45) is 2.46. The predicted molar refractivity (Wildman–Crippen MR) is 99.5 cm³/mol. The highest BCUT2D eigenvalue weighted by Gasteiger charge is 2.33. The molecule has 0 spiro atoms. The molecule has 1 aliphatic carbocycles. The second kappa shape index (κ2) is 8.68. The van der Waals surface area contributed by atoms with Crippen LogP contribution in [0.25, 0.3) is 0 Å². The van der Waals surface area contributed by atoms with E-state index in [9.17, 15) is 4.79 Å². The Bertz CT molecular complexity index is 545. The number of carbonyl (C=O) groups is 1. The van der Waals surface area contributed by atoms with Gasteiger partial charge in [0, 0.05) is 26.2 Å². The van der Waals surface area contributed by atoms with E-state index in [1.807, 2.05) is 18.2 Å². The number of hydrogen-bond acceptors (Lipinski definition) is 3. The fraction of sp³-hybridized carbons (Fsp3) is 0.650. The molecule has 1 saturated heterocycles. The molecule has 2 fully saturated rings. The van der Waals surface area contributed by atoms with Crippen LogP contribution in [0.1, 0.15) is 38.3 Å². The lowest BCUT2D eigenvalue weighted by Crippen LogP contribution is -2.50. The summed E-state index contributed by atoms with van der Waals surface area (Å²) in [6.45, 7) is 8.74. The van der Waals surface area contributed by atoms with Crippen LogP contribution in [-0.2, 0) is 4.74 Å². The van der Waals surface area contributed by atoms with E-state index in [0.29, 0.717) is 18.4 Å². The molecule has 138 valence electrons. The van der Waals surface area contributed by atoms with Crippen LogP contribution in [0.5, 0.6) is 0 Å². The number of nitrogens with zero attached hydrogens (tertiary/aromatic N) is 1. The van der Waals surface area contributed by atoms with Crippen molar-refractivity contribution < 1.29 is 9.53 Å². The van der Waals surface area contributed by atoms with Gasteiger partial charge in [-0.05, 0) is 30.2 Å². The highest BCUT2D eigenvalue weighted by molar-refractivity contribution is 5.74. The summed E-state index contributed by atoms with van der Waals surface area (Å²) in [6, 6.07) is 10.3. The van der Waals surface area contributed by atoms with Gasteiger partial charge in [0.25, 0.3) is 0 Å². The summed E-state index contributed by atoms with van der Waals surface area (Å²) >= 11 is 0. The van der Waals surface area contributed by atoms with Crippen molar-refractivity contribution in [2.75, 3.05) is 32.8 Å². The van der Waals surface area contributed by atoms with Gasteiger partial charge in [-0.1, -0.05) is 44.2 Å². The second-order valence-corrected chi connectivity index (χ2v) is 7.73. The van der Waals surface area contributed by atoms with Crippen molar-refractivity contribution in [3.63, 3.8) is 0 Å². The number of rotatable bonds is 7. The quantitative estimate of drug-likeness (QED) is 0.799. The van der Waals surface area contributed by atoms with Gasteiger partial charge < -0.3 is 15.4 Å². The Morgan fingerprint density at radius 3 is 2.72 bits per heavy atom. The number of hydrogen-bond donors (Lipinski definition) is 2. The minimum Gasteiger partial charge on any atom is -0.374 e. The summed E-state index contributed by atoms with van der Waals surface area (Å²) in [4.78, 5) is 14.8. The normalized spacial score (nSPS) is 22.6. The largest absolute Gasteiger partial charge is 0.374 e. The van der Waals surface area contributed by atoms with Crippen molar-refractivity contribution in [2.24, 2.45) is 11.8 Å². The van der Waals surface area contributed by atoms with Gasteiger partial charge in [-0.25, -0.2) is 4.79 Å². The predicted octanol–water partition coefficient (Wildman–Crippen LogP) is 2.79. The van der Waals surface area contributed by atoms with Crippen LogP contribution in [-0.4, -0.2) is 49.8 Å². The molecule has 5 nitrogen and oxygen atoms in total. The average Bonchev–Trinajstić information content (AvgIpc) is 3.43. The van der Waals surface area contributed by atoms with E-state index in [2.05, 4.69) is 41.5 Å². The molecule has 2 amide bonds. The number of ether oxygens (including phenoxy) is 1. The van der Waals surface area contributed by atoms with Gasteiger partial charge in [-0.15, -0.1) is 0 Å². The molecular weight excluding hydrogens is 314 g/mol. The van der Waals surface area contributed by atoms with Crippen LogP contribution in [0.4, 0.5) is 4.79 Å². The smallest absolute Gasteiger partial charge is 0.315 e. The first kappa shape index (κ1) is 18.2. The van der Waals surface area contributed by atoms with Crippen LogP contribution in [0, 0.1) is 11.8 Å². The lowest BCUT2D eigenvalue weighted by molar-refractivity contribution is -0.0290. The monoisotopic (exact) mass is 345 g/mol. The molecule has 1 aromatic carbocycles. The molecule has 2 aliphatic rings. The van der Waals surface area contributed by atoms with Crippen molar-refractivity contribution >= 4 is 6.03 Å². The minimum absolute atomic E-state index is 0.0781. The van der Waals surface area contributed by atoms with Gasteiger partial charge in [0.2, 0.25) is 0 Å². The highest BCUT2D eigenvalue weighted by atomic mass is 16.5. The highest BCUT2D eigenvalue weighted by Crippen LogP contribution is 2.40. The van der Waals surface area contributed by atoms with E-state index in [-0.39, 0.29) is 18.2 Å². The molecule has 1 saturated carbocycles. The minimum atomic E-state index is -0.0923. The first-order valence-electron chi connectivity index (χ1n) is 9.55. The van der Waals surface area contributed by atoms with Crippen molar-refractivity contribution in [3.05, 3.63) is 35.9 Å². The molecule has 2 atom stereocenters. The topological polar surface area (TPSA) is 53.6 Å². The van der Waals surface area contributed by atoms with E-state index in [4.69, 9.17) is 4.74 Å². The lowest BCUT2D eigenvalue weighted by Gasteiger charge is -2.34. The number of urea groups is 1. The molecule has 0 bridgehead atoms. The third-order valence-corrected chi connectivity index (χ3v) is 4.88. The Morgan fingerprint density at radius 1 is 1.28 bits per heavy atom. The fourth-order valence-electron chi connectivity index (χ4n) is 3.55. The van der Waals surface area contributed by atoms with Crippen molar-refractivity contribution in [1.29, 1.82) is 0 Å². The molecule has 5 heteroatoms. The van der Waals surface area contributed by atoms with E-state index < -0.39 is 0 Å². The molecule has 1 aromatic rings. The Morgan fingerprint density at radius 2 is 2.04 bits per heavy atom. The lowest BCUT2D eigenvalue weighted by atomic mass is 10.0. The Hall–Kier alpha value is -1.59. The van der Waals surface area contributed by atoms with Gasteiger partial charge in [-0.2, -0.15) is 0 Å². The standard InChI is InChI=1S/C20H31N3O2/c1-15(2)13-23-10-11-25-18(14-23)12-21-20(24)22-19(17-8-9-17)16-6-4-3-5-7-16/h3-7,15,17-19H,8-14H2,1-2H3,(H2,21,22,24)/t18-,19+/m0/s1. The molecular formula is C20H31N3O2. The van der Waals surface area contributed by atoms with Crippen LogP contribution < -0.4 is 10.6 Å². The zero-order chi connectivity index (χ0) is 17.6. The van der Waals surface area contributed by atoms with Gasteiger partial charge in [0.1, 0.15) is 0 Å². The Balaban J connectivity index is 1.45. The van der Waals surface area contributed by atoms with Crippen LogP contribution in [0.15, 0.2) is 30.3 Å². The zero-order valence-electron chi connectivity index (χ0n) is 15.4. The van der Waals surface area contributed by atoms with Gasteiger partial charge in [0.15, 0.2) is 0 Å². The Labute approximate surface area is 151 Å². The molecule has 0 radical (unpaired) electrons. The maximum Gasteiger partial charge on any atom is 0.315 e. The van der Waals surface area contributed by atoms with Crippen LogP contribution in [0.2, 0.25) is 0 Å². The number of carbonyl (C=O) groups excluding carboxylic acids is 1. The van der Waals surface area contributed by atoms with Crippen molar-refractivity contribution in [3.8, 4) is 0 Å².